The molecule has 1 saturated heterocycles. The zero-order valence-corrected chi connectivity index (χ0v) is 18.5. The Labute approximate surface area is 194 Å². The smallest absolute Gasteiger partial charge is 0.274 e. The summed E-state index contributed by atoms with van der Waals surface area (Å²) in [6, 6.07) is 9.16. The quantitative estimate of drug-likeness (QED) is 0.428. The molecule has 34 heavy (non-hydrogen) atoms. The topological polar surface area (TPSA) is 129 Å². The van der Waals surface area contributed by atoms with Crippen molar-refractivity contribution in [2.45, 2.75) is 25.3 Å². The first-order chi connectivity index (χ1) is 16.2. The van der Waals surface area contributed by atoms with Gasteiger partial charge in [0.15, 0.2) is 0 Å². The molecule has 13 heteroatoms. The van der Waals surface area contributed by atoms with Gasteiger partial charge in [-0.2, -0.15) is 4.98 Å². The van der Waals surface area contributed by atoms with Crippen LogP contribution in [0.15, 0.2) is 53.3 Å². The maximum Gasteiger partial charge on any atom is 0.274 e. The molecule has 2 atom stereocenters. The molecule has 5 rings (SSSR count). The molecule has 1 unspecified atom stereocenters. The summed E-state index contributed by atoms with van der Waals surface area (Å²) in [6.07, 6.45) is 2.45. The fourth-order valence-corrected chi connectivity index (χ4v) is 4.49. The number of hydrogen-bond donors (Lipinski definition) is 1. The van der Waals surface area contributed by atoms with Gasteiger partial charge in [0.1, 0.15) is 17.4 Å². The summed E-state index contributed by atoms with van der Waals surface area (Å²) in [7, 11) is 0. The van der Waals surface area contributed by atoms with Gasteiger partial charge in [0.25, 0.3) is 11.8 Å². The molecule has 1 aliphatic rings. The number of carbonyl (C=O) groups excluding carboxylic acids is 1. The number of pyridine rings is 1. The summed E-state index contributed by atoms with van der Waals surface area (Å²) >= 11 is -2.87. The second-order valence-corrected chi connectivity index (χ2v) is 8.78. The molecule has 4 aromatic rings. The van der Waals surface area contributed by atoms with Crippen LogP contribution in [0.25, 0.3) is 17.0 Å². The van der Waals surface area contributed by atoms with Gasteiger partial charge in [-0.25, -0.2) is 18.1 Å². The monoisotopic (exact) mass is 487 g/mol. The van der Waals surface area contributed by atoms with Gasteiger partial charge in [-0.15, -0.1) is 0 Å². The first-order valence-corrected chi connectivity index (χ1v) is 11.2. The average molecular weight is 487 g/mol. The van der Waals surface area contributed by atoms with Crippen LogP contribution in [0.5, 0.6) is 0 Å². The normalized spacial score (nSPS) is 18.9. The molecule has 1 aromatic carbocycles. The van der Waals surface area contributed by atoms with Crippen molar-refractivity contribution in [1.82, 2.24) is 23.8 Å². The van der Waals surface area contributed by atoms with Gasteiger partial charge in [0.2, 0.25) is 11.7 Å². The molecule has 0 spiro atoms. The fourth-order valence-electron chi connectivity index (χ4n) is 3.82. The van der Waals surface area contributed by atoms with E-state index in [-0.39, 0.29) is 17.6 Å². The van der Waals surface area contributed by atoms with Gasteiger partial charge in [-0.1, -0.05) is 23.4 Å². The number of aryl methyl sites for hydroxylation is 1. The van der Waals surface area contributed by atoms with Crippen LogP contribution in [0.3, 0.4) is 0 Å². The number of hydrogen-bond acceptors (Lipinski definition) is 7. The lowest BCUT2D eigenvalue weighted by molar-refractivity contribution is 0.0165. The lowest BCUT2D eigenvalue weighted by Gasteiger charge is -2.22. The van der Waals surface area contributed by atoms with Crippen molar-refractivity contribution in [3.8, 4) is 11.4 Å². The van der Waals surface area contributed by atoms with Gasteiger partial charge in [-0.05, 0) is 30.7 Å². The number of carbonyl (C=O) groups is 1. The third kappa shape index (κ3) is 4.08. The maximum atomic E-state index is 13.8. The van der Waals surface area contributed by atoms with E-state index in [2.05, 4.69) is 20.4 Å². The van der Waals surface area contributed by atoms with E-state index in [0.29, 0.717) is 26.9 Å². The van der Waals surface area contributed by atoms with Crippen molar-refractivity contribution < 1.29 is 26.9 Å². The van der Waals surface area contributed by atoms with E-state index in [0.717, 1.165) is 5.56 Å². The minimum absolute atomic E-state index is 0.0761. The number of anilines is 1. The predicted molar refractivity (Wildman–Crippen MR) is 116 cm³/mol. The third-order valence-electron chi connectivity index (χ3n) is 5.54. The SMILES string of the molecule is Cc1ccc(-c2noc([C@@H]3CC(F)(F)CN3S(=O)[O-])n2)cc1NC(=O)c1cnc2ccccn12. The van der Waals surface area contributed by atoms with E-state index in [1.807, 2.05) is 6.07 Å². The second kappa shape index (κ2) is 8.34. The van der Waals surface area contributed by atoms with Crippen LogP contribution < -0.4 is 5.32 Å². The highest BCUT2D eigenvalue weighted by molar-refractivity contribution is 7.76. The molecule has 1 aliphatic heterocycles. The number of nitrogens with one attached hydrogen (secondary N) is 1. The number of aromatic nitrogens is 4. The number of benzene rings is 1. The number of halogens is 2. The van der Waals surface area contributed by atoms with Gasteiger partial charge in [0.05, 0.1) is 12.7 Å². The van der Waals surface area contributed by atoms with Crippen LogP contribution in [0.2, 0.25) is 0 Å². The zero-order chi connectivity index (χ0) is 24.0. The lowest BCUT2D eigenvalue weighted by Crippen LogP contribution is -2.28. The van der Waals surface area contributed by atoms with Crippen molar-refractivity contribution in [1.29, 1.82) is 0 Å². The molecule has 176 valence electrons. The molecule has 1 amide bonds. The number of alkyl halides is 2. The molecule has 4 heterocycles. The highest BCUT2D eigenvalue weighted by Crippen LogP contribution is 2.41. The Bertz CT molecular complexity index is 1420. The van der Waals surface area contributed by atoms with E-state index in [1.54, 1.807) is 47.9 Å². The lowest BCUT2D eigenvalue weighted by atomic mass is 10.1. The van der Waals surface area contributed by atoms with Crippen LogP contribution in [-0.4, -0.2) is 51.0 Å². The molecule has 10 nitrogen and oxygen atoms in total. The minimum atomic E-state index is -3.20. The Hall–Kier alpha value is -3.55. The van der Waals surface area contributed by atoms with E-state index in [4.69, 9.17) is 4.52 Å². The number of imidazole rings is 1. The van der Waals surface area contributed by atoms with E-state index in [9.17, 15) is 22.3 Å². The fraction of sp³-hybridized carbons (Fsp3) is 0.238. The van der Waals surface area contributed by atoms with Crippen LogP contribution in [0.4, 0.5) is 14.5 Å². The summed E-state index contributed by atoms with van der Waals surface area (Å²) in [5.74, 6) is -3.73. The Morgan fingerprint density at radius 1 is 1.32 bits per heavy atom. The first-order valence-electron chi connectivity index (χ1n) is 10.1. The molecule has 0 bridgehead atoms. The molecule has 0 saturated carbocycles. The van der Waals surface area contributed by atoms with E-state index < -0.39 is 36.2 Å². The van der Waals surface area contributed by atoms with Crippen molar-refractivity contribution in [3.05, 3.63) is 65.9 Å². The minimum Gasteiger partial charge on any atom is -0.760 e. The van der Waals surface area contributed by atoms with Crippen LogP contribution >= 0.6 is 0 Å². The summed E-state index contributed by atoms with van der Waals surface area (Å²) in [5.41, 5.74) is 2.67. The van der Waals surface area contributed by atoms with Crippen molar-refractivity contribution in [3.63, 3.8) is 0 Å². The highest BCUT2D eigenvalue weighted by Gasteiger charge is 2.48. The number of fused-ring (bicyclic) bond motifs is 1. The molecule has 3 aromatic heterocycles. The van der Waals surface area contributed by atoms with Gasteiger partial charge in [-0.3, -0.25) is 13.4 Å². The molecule has 0 aliphatic carbocycles. The van der Waals surface area contributed by atoms with Gasteiger partial charge < -0.3 is 14.4 Å². The summed E-state index contributed by atoms with van der Waals surface area (Å²) in [5, 5.41) is 6.66. The Kier molecular flexibility index (Phi) is 5.46. The summed E-state index contributed by atoms with van der Waals surface area (Å²) in [6.45, 7) is 0.854. The van der Waals surface area contributed by atoms with Crippen LogP contribution in [0.1, 0.15) is 34.4 Å². The molecule has 0 radical (unpaired) electrons. The highest BCUT2D eigenvalue weighted by atomic mass is 32.2. The third-order valence-corrected chi connectivity index (χ3v) is 6.31. The van der Waals surface area contributed by atoms with Gasteiger partial charge in [0, 0.05) is 35.1 Å². The standard InChI is InChI=1S/C21H18F2N6O4S/c1-12-5-6-13(8-14(12)25-19(30)16-10-24-17-4-2-3-7-28(16)17)18-26-20(33-27-18)15-9-21(22,23)11-29(15)34(31)32/h2-8,10,15H,9,11H2,1H3,(H,25,30)(H,31,32)/p-1/t15-/m0/s1. The number of amides is 1. The van der Waals surface area contributed by atoms with E-state index >= 15 is 0 Å². The average Bonchev–Trinajstić information content (AvgIpc) is 3.51. The summed E-state index contributed by atoms with van der Waals surface area (Å²) in [4.78, 5) is 21.2. The van der Waals surface area contributed by atoms with Crippen molar-refractivity contribution in [2.75, 3.05) is 11.9 Å². The van der Waals surface area contributed by atoms with Crippen LogP contribution in [-0.2, 0) is 11.3 Å². The predicted octanol–water partition coefficient (Wildman–Crippen LogP) is 3.12. The molecule has 1 fully saturated rings. The first kappa shape index (κ1) is 22.3. The van der Waals surface area contributed by atoms with Crippen molar-refractivity contribution >= 4 is 28.5 Å². The zero-order valence-electron chi connectivity index (χ0n) is 17.6. The van der Waals surface area contributed by atoms with E-state index in [1.165, 1.54) is 6.20 Å². The molecular weight excluding hydrogens is 470 g/mol. The Morgan fingerprint density at radius 2 is 2.15 bits per heavy atom. The van der Waals surface area contributed by atoms with Gasteiger partial charge >= 0.3 is 0 Å². The number of nitrogens with zero attached hydrogens (tertiary/aromatic N) is 5. The van der Waals surface area contributed by atoms with Crippen LogP contribution in [0, 0.1) is 6.92 Å². The Morgan fingerprint density at radius 3 is 2.94 bits per heavy atom. The maximum absolute atomic E-state index is 13.8. The molecule has 1 N–H and O–H groups in total. The largest absolute Gasteiger partial charge is 0.760 e. The summed E-state index contributed by atoms with van der Waals surface area (Å²) < 4.78 is 57.7. The Balaban J connectivity index is 1.41. The van der Waals surface area contributed by atoms with Crippen molar-refractivity contribution in [2.24, 2.45) is 0 Å². The molecular formula is C21H17F2N6O4S-. The second-order valence-electron chi connectivity index (χ2n) is 7.88. The number of rotatable bonds is 5.